The van der Waals surface area contributed by atoms with Gasteiger partial charge >= 0.3 is 0 Å². The Balaban J connectivity index is 2.27. The molecule has 2 rings (SSSR count). The van der Waals surface area contributed by atoms with Gasteiger partial charge in [0.05, 0.1) is 26.9 Å². The van der Waals surface area contributed by atoms with Crippen LogP contribution in [0.15, 0.2) is 16.6 Å². The molecule has 1 heterocycles. The molecule has 1 N–H and O–H groups in total. The Morgan fingerprint density at radius 2 is 2.22 bits per heavy atom. The van der Waals surface area contributed by atoms with Crippen molar-refractivity contribution in [3.63, 3.8) is 0 Å². The van der Waals surface area contributed by atoms with Crippen LogP contribution in [0.4, 0.5) is 0 Å². The van der Waals surface area contributed by atoms with Crippen molar-refractivity contribution in [3.8, 4) is 5.75 Å². The monoisotopic (exact) mass is 316 g/mol. The first-order valence-corrected chi connectivity index (χ1v) is 6.64. The standard InChI is InChI=1S/C13H17BrO4/c1-8-5-11(16-2)9(6-10(8)14)13(15)12-7-17-3-4-18-12/h5-6,12-13,15H,3-4,7H2,1-2H3. The molecule has 1 aromatic rings. The van der Waals surface area contributed by atoms with Gasteiger partial charge in [0.25, 0.3) is 0 Å². The first-order valence-electron chi connectivity index (χ1n) is 5.85. The van der Waals surface area contributed by atoms with Gasteiger partial charge in [0.2, 0.25) is 0 Å². The molecule has 0 amide bonds. The molecule has 1 saturated heterocycles. The number of aryl methyl sites for hydroxylation is 1. The topological polar surface area (TPSA) is 47.9 Å². The summed E-state index contributed by atoms with van der Waals surface area (Å²) in [4.78, 5) is 0. The summed E-state index contributed by atoms with van der Waals surface area (Å²) in [5, 5.41) is 10.4. The Hall–Kier alpha value is -0.620. The van der Waals surface area contributed by atoms with Crippen LogP contribution >= 0.6 is 15.9 Å². The average Bonchev–Trinajstić information content (AvgIpc) is 2.41. The summed E-state index contributed by atoms with van der Waals surface area (Å²) >= 11 is 3.46. The summed E-state index contributed by atoms with van der Waals surface area (Å²) in [5.74, 6) is 0.664. The van der Waals surface area contributed by atoms with Crippen molar-refractivity contribution >= 4 is 15.9 Å². The molecule has 0 bridgehead atoms. The number of ether oxygens (including phenoxy) is 3. The summed E-state index contributed by atoms with van der Waals surface area (Å²) in [6.45, 7) is 3.47. The van der Waals surface area contributed by atoms with Gasteiger partial charge in [-0.1, -0.05) is 15.9 Å². The van der Waals surface area contributed by atoms with Crippen LogP contribution in [0.5, 0.6) is 5.75 Å². The van der Waals surface area contributed by atoms with E-state index in [1.54, 1.807) is 7.11 Å². The molecule has 1 aliphatic rings. The van der Waals surface area contributed by atoms with Crippen molar-refractivity contribution in [3.05, 3.63) is 27.7 Å². The van der Waals surface area contributed by atoms with E-state index in [0.29, 0.717) is 31.1 Å². The van der Waals surface area contributed by atoms with Crippen molar-refractivity contribution in [1.82, 2.24) is 0 Å². The van der Waals surface area contributed by atoms with Gasteiger partial charge in [0, 0.05) is 10.0 Å². The van der Waals surface area contributed by atoms with E-state index in [4.69, 9.17) is 14.2 Å². The predicted molar refractivity (Wildman–Crippen MR) is 70.9 cm³/mol. The lowest BCUT2D eigenvalue weighted by molar-refractivity contribution is -0.133. The number of hydrogen-bond acceptors (Lipinski definition) is 4. The van der Waals surface area contributed by atoms with Gasteiger partial charge in [-0.05, 0) is 24.6 Å². The highest BCUT2D eigenvalue weighted by atomic mass is 79.9. The molecular formula is C13H17BrO4. The van der Waals surface area contributed by atoms with Crippen LogP contribution in [-0.2, 0) is 9.47 Å². The first kappa shape index (κ1) is 13.8. The predicted octanol–water partition coefficient (Wildman–Crippen LogP) is 2.21. The molecule has 1 aromatic carbocycles. The molecule has 1 aliphatic heterocycles. The molecule has 0 aromatic heterocycles. The summed E-state index contributed by atoms with van der Waals surface area (Å²) in [7, 11) is 1.59. The van der Waals surface area contributed by atoms with Crippen LogP contribution in [0, 0.1) is 6.92 Å². The molecule has 0 spiro atoms. The van der Waals surface area contributed by atoms with Gasteiger partial charge in [0.1, 0.15) is 18.0 Å². The van der Waals surface area contributed by atoms with E-state index in [-0.39, 0.29) is 6.10 Å². The highest BCUT2D eigenvalue weighted by Gasteiger charge is 2.27. The fourth-order valence-corrected chi connectivity index (χ4v) is 2.33. The molecule has 4 nitrogen and oxygen atoms in total. The maximum Gasteiger partial charge on any atom is 0.125 e. The van der Waals surface area contributed by atoms with Gasteiger partial charge in [-0.25, -0.2) is 0 Å². The fraction of sp³-hybridized carbons (Fsp3) is 0.538. The van der Waals surface area contributed by atoms with Crippen LogP contribution in [0.25, 0.3) is 0 Å². The second-order valence-electron chi connectivity index (χ2n) is 4.27. The normalized spacial score (nSPS) is 21.7. The number of halogens is 1. The molecule has 0 aliphatic carbocycles. The van der Waals surface area contributed by atoms with Crippen LogP contribution < -0.4 is 4.74 Å². The maximum absolute atomic E-state index is 10.4. The number of rotatable bonds is 3. The average molecular weight is 317 g/mol. The molecule has 2 unspecified atom stereocenters. The van der Waals surface area contributed by atoms with Crippen molar-refractivity contribution in [2.45, 2.75) is 19.1 Å². The third-order valence-corrected chi connectivity index (χ3v) is 3.88. The molecule has 0 radical (unpaired) electrons. The van der Waals surface area contributed by atoms with Gasteiger partial charge < -0.3 is 19.3 Å². The van der Waals surface area contributed by atoms with Gasteiger partial charge in [0.15, 0.2) is 0 Å². The molecule has 1 fully saturated rings. The van der Waals surface area contributed by atoms with E-state index < -0.39 is 6.10 Å². The molecular weight excluding hydrogens is 300 g/mol. The van der Waals surface area contributed by atoms with Crippen molar-refractivity contribution in [2.75, 3.05) is 26.9 Å². The lowest BCUT2D eigenvalue weighted by atomic mass is 10.0. The van der Waals surface area contributed by atoms with Crippen LogP contribution in [0.1, 0.15) is 17.2 Å². The minimum absolute atomic E-state index is 0.345. The van der Waals surface area contributed by atoms with Crippen molar-refractivity contribution in [1.29, 1.82) is 0 Å². The second-order valence-corrected chi connectivity index (χ2v) is 5.13. The Bertz CT molecular complexity index is 416. The van der Waals surface area contributed by atoms with Crippen LogP contribution in [0.3, 0.4) is 0 Å². The van der Waals surface area contributed by atoms with Crippen molar-refractivity contribution in [2.24, 2.45) is 0 Å². The number of benzene rings is 1. The van der Waals surface area contributed by atoms with Gasteiger partial charge in [-0.2, -0.15) is 0 Å². The second kappa shape index (κ2) is 6.02. The lowest BCUT2D eigenvalue weighted by Gasteiger charge is -2.28. The summed E-state index contributed by atoms with van der Waals surface area (Å²) in [5.41, 5.74) is 1.77. The zero-order valence-electron chi connectivity index (χ0n) is 10.5. The molecule has 100 valence electrons. The quantitative estimate of drug-likeness (QED) is 0.929. The van der Waals surface area contributed by atoms with E-state index in [1.165, 1.54) is 0 Å². The molecule has 5 heteroatoms. The van der Waals surface area contributed by atoms with E-state index in [1.807, 2.05) is 19.1 Å². The Kier molecular flexibility index (Phi) is 4.61. The molecule has 0 saturated carbocycles. The summed E-state index contributed by atoms with van der Waals surface area (Å²) in [6, 6.07) is 3.77. The third-order valence-electron chi connectivity index (χ3n) is 3.02. The number of methoxy groups -OCH3 is 1. The van der Waals surface area contributed by atoms with Crippen LogP contribution in [-0.4, -0.2) is 38.1 Å². The number of aliphatic hydroxyl groups excluding tert-OH is 1. The zero-order chi connectivity index (χ0) is 13.1. The fourth-order valence-electron chi connectivity index (χ4n) is 1.97. The van der Waals surface area contributed by atoms with Gasteiger partial charge in [-0.15, -0.1) is 0 Å². The highest BCUT2D eigenvalue weighted by Crippen LogP contribution is 2.33. The molecule has 18 heavy (non-hydrogen) atoms. The van der Waals surface area contributed by atoms with E-state index in [9.17, 15) is 5.11 Å². The smallest absolute Gasteiger partial charge is 0.125 e. The third kappa shape index (κ3) is 2.85. The maximum atomic E-state index is 10.4. The van der Waals surface area contributed by atoms with Gasteiger partial charge in [-0.3, -0.25) is 0 Å². The lowest BCUT2D eigenvalue weighted by Crippen LogP contribution is -2.34. The minimum Gasteiger partial charge on any atom is -0.496 e. The zero-order valence-corrected chi connectivity index (χ0v) is 12.1. The largest absolute Gasteiger partial charge is 0.496 e. The SMILES string of the molecule is COc1cc(C)c(Br)cc1C(O)C1COCCO1. The van der Waals surface area contributed by atoms with E-state index in [2.05, 4.69) is 15.9 Å². The Morgan fingerprint density at radius 3 is 2.83 bits per heavy atom. The Labute approximate surface area is 115 Å². The highest BCUT2D eigenvalue weighted by molar-refractivity contribution is 9.10. The van der Waals surface area contributed by atoms with Crippen LogP contribution in [0.2, 0.25) is 0 Å². The van der Waals surface area contributed by atoms with E-state index in [0.717, 1.165) is 10.0 Å². The van der Waals surface area contributed by atoms with Crippen molar-refractivity contribution < 1.29 is 19.3 Å². The van der Waals surface area contributed by atoms with E-state index >= 15 is 0 Å². The molecule has 2 atom stereocenters. The summed E-state index contributed by atoms with van der Waals surface area (Å²) in [6.07, 6.45) is -1.10. The minimum atomic E-state index is -0.753. The number of hydrogen-bond donors (Lipinski definition) is 1. The number of aliphatic hydroxyl groups is 1. The Morgan fingerprint density at radius 1 is 1.44 bits per heavy atom. The summed E-state index contributed by atoms with van der Waals surface area (Å²) < 4.78 is 17.1. The first-order chi connectivity index (χ1) is 8.63.